The molecule has 0 spiro atoms. The first-order chi connectivity index (χ1) is 19.7. The Kier molecular flexibility index (Phi) is 26.4. The van der Waals surface area contributed by atoms with Crippen molar-refractivity contribution in [2.75, 3.05) is 0 Å². The fraction of sp³-hybridized carbons (Fsp3) is 0.921. The number of hydrogen-bond donors (Lipinski definition) is 1. The molecule has 0 aromatic carbocycles. The van der Waals surface area contributed by atoms with Gasteiger partial charge in [-0.15, -0.1) is 0 Å². The summed E-state index contributed by atoms with van der Waals surface area (Å²) in [4.78, 5) is 3.73. The fourth-order valence-electron chi connectivity index (χ4n) is 6.60. The van der Waals surface area contributed by atoms with Crippen LogP contribution < -0.4 is 4.57 Å². The maximum atomic E-state index is 3.73. The molecule has 0 aliphatic carbocycles. The van der Waals surface area contributed by atoms with Crippen LogP contribution in [0.4, 0.5) is 0 Å². The summed E-state index contributed by atoms with van der Waals surface area (Å²) in [7, 11) is 0. The zero-order valence-corrected chi connectivity index (χ0v) is 28.3. The molecule has 2 heteroatoms. The van der Waals surface area contributed by atoms with Crippen LogP contribution in [0.1, 0.15) is 232 Å². The molecule has 1 heterocycles. The van der Waals surface area contributed by atoms with Gasteiger partial charge in [-0.2, -0.15) is 0 Å². The Labute approximate surface area is 253 Å². The van der Waals surface area contributed by atoms with E-state index in [4.69, 9.17) is 0 Å². The maximum absolute atomic E-state index is 3.73. The predicted octanol–water partition coefficient (Wildman–Crippen LogP) is 13.3. The summed E-state index contributed by atoms with van der Waals surface area (Å²) < 4.78 is 2.63. The van der Waals surface area contributed by atoms with Crippen LogP contribution in [0, 0.1) is 0 Å². The minimum Gasteiger partial charge on any atom is -0.247 e. The van der Waals surface area contributed by atoms with Crippen molar-refractivity contribution in [2.45, 2.75) is 226 Å². The van der Waals surface area contributed by atoms with E-state index < -0.39 is 0 Å². The van der Waals surface area contributed by atoms with Crippen LogP contribution in [-0.2, 0) is 0 Å². The lowest BCUT2D eigenvalue weighted by molar-refractivity contribution is -0.727. The summed E-state index contributed by atoms with van der Waals surface area (Å²) in [5, 5.41) is 0. The molecular formula is C38H75N2+. The van der Waals surface area contributed by atoms with Crippen molar-refractivity contribution in [1.82, 2.24) is 4.98 Å². The van der Waals surface area contributed by atoms with E-state index in [0.717, 1.165) is 0 Å². The monoisotopic (exact) mass is 560 g/mol. The van der Waals surface area contributed by atoms with Gasteiger partial charge in [-0.1, -0.05) is 181 Å². The van der Waals surface area contributed by atoms with Gasteiger partial charge in [0.05, 0.1) is 12.0 Å². The minimum atomic E-state index is 0.621. The third kappa shape index (κ3) is 20.1. The van der Waals surface area contributed by atoms with E-state index in [9.17, 15) is 0 Å². The first kappa shape index (κ1) is 37.2. The van der Waals surface area contributed by atoms with Crippen molar-refractivity contribution >= 4 is 0 Å². The first-order valence-corrected chi connectivity index (χ1v) is 18.8. The lowest BCUT2D eigenvalue weighted by Crippen LogP contribution is -2.41. The second-order valence-corrected chi connectivity index (χ2v) is 13.3. The standard InChI is InChI=1S/C38H74N2/c1-5-8-11-14-16-18-20-22-24-27-30-33-37(32-29-25-13-10-7-3)38-39-34-35-40(38)36(4)31-28-26-23-21-19-17-15-12-9-6-2/h34-37H,5-33H2,1-4H3/p+1. The van der Waals surface area contributed by atoms with Gasteiger partial charge < -0.3 is 0 Å². The molecule has 2 atom stereocenters. The third-order valence-corrected chi connectivity index (χ3v) is 9.39. The highest BCUT2D eigenvalue weighted by Crippen LogP contribution is 2.27. The molecule has 2 unspecified atom stereocenters. The average Bonchev–Trinajstić information content (AvgIpc) is 3.45. The number of nitrogens with one attached hydrogen (secondary N) is 1. The second-order valence-electron chi connectivity index (χ2n) is 13.3. The normalized spacial score (nSPS) is 13.2. The molecule has 0 radical (unpaired) electrons. The number of aromatic amines is 1. The molecule has 0 amide bonds. The Morgan fingerprint density at radius 2 is 0.800 bits per heavy atom. The molecule has 1 aromatic rings. The molecule has 2 nitrogen and oxygen atoms in total. The van der Waals surface area contributed by atoms with Crippen molar-refractivity contribution in [1.29, 1.82) is 0 Å². The van der Waals surface area contributed by atoms with Crippen molar-refractivity contribution < 1.29 is 4.57 Å². The highest BCUT2D eigenvalue weighted by atomic mass is 15.1. The number of nitrogens with zero attached hydrogens (tertiary/aromatic N) is 1. The van der Waals surface area contributed by atoms with E-state index in [0.29, 0.717) is 12.0 Å². The largest absolute Gasteiger partial charge is 0.257 e. The van der Waals surface area contributed by atoms with Gasteiger partial charge in [0.2, 0.25) is 0 Å². The van der Waals surface area contributed by atoms with Gasteiger partial charge in [-0.25, -0.2) is 9.55 Å². The first-order valence-electron chi connectivity index (χ1n) is 18.8. The van der Waals surface area contributed by atoms with Crippen molar-refractivity contribution in [3.05, 3.63) is 18.2 Å². The highest BCUT2D eigenvalue weighted by molar-refractivity contribution is 4.90. The molecule has 0 fully saturated rings. The van der Waals surface area contributed by atoms with E-state index in [1.807, 2.05) is 0 Å². The number of hydrogen-bond acceptors (Lipinski definition) is 0. The molecule has 1 N–H and O–H groups in total. The molecule has 0 aliphatic heterocycles. The molecule has 0 saturated heterocycles. The van der Waals surface area contributed by atoms with Crippen LogP contribution in [0.15, 0.2) is 12.4 Å². The van der Waals surface area contributed by atoms with Crippen molar-refractivity contribution in [3.63, 3.8) is 0 Å². The SMILES string of the molecule is CCCCCCCCCCCCCC(CCCCCCC)c1[nH]cc[n+]1C(C)CCCCCCCCCCCC. The van der Waals surface area contributed by atoms with Gasteiger partial charge >= 0.3 is 0 Å². The summed E-state index contributed by atoms with van der Waals surface area (Å²) >= 11 is 0. The topological polar surface area (TPSA) is 19.7 Å². The highest BCUT2D eigenvalue weighted by Gasteiger charge is 2.25. The van der Waals surface area contributed by atoms with Gasteiger partial charge in [0.1, 0.15) is 12.4 Å². The quantitative estimate of drug-likeness (QED) is 0.0689. The van der Waals surface area contributed by atoms with Gasteiger partial charge in [-0.05, 0) is 32.6 Å². The molecular weight excluding hydrogens is 484 g/mol. The number of imidazole rings is 1. The third-order valence-electron chi connectivity index (χ3n) is 9.39. The summed E-state index contributed by atoms with van der Waals surface area (Å²) in [6.45, 7) is 9.41. The zero-order chi connectivity index (χ0) is 28.9. The fourth-order valence-corrected chi connectivity index (χ4v) is 6.60. The van der Waals surface area contributed by atoms with Gasteiger partial charge in [-0.3, -0.25) is 0 Å². The van der Waals surface area contributed by atoms with E-state index >= 15 is 0 Å². The van der Waals surface area contributed by atoms with E-state index in [-0.39, 0.29) is 0 Å². The van der Waals surface area contributed by atoms with Gasteiger partial charge in [0.25, 0.3) is 5.82 Å². The minimum absolute atomic E-state index is 0.621. The van der Waals surface area contributed by atoms with Crippen LogP contribution in [0.2, 0.25) is 0 Å². The molecule has 0 bridgehead atoms. The Balaban J connectivity index is 2.38. The summed E-state index contributed by atoms with van der Waals surface area (Å²) in [5.41, 5.74) is 0. The summed E-state index contributed by atoms with van der Waals surface area (Å²) in [6.07, 6.45) is 45.7. The Morgan fingerprint density at radius 1 is 0.475 bits per heavy atom. The molecule has 236 valence electrons. The summed E-state index contributed by atoms with van der Waals surface area (Å²) in [6, 6.07) is 0.621. The average molecular weight is 560 g/mol. The number of unbranched alkanes of at least 4 members (excludes halogenated alkanes) is 23. The molecule has 0 aliphatic rings. The Bertz CT molecular complexity index is 621. The van der Waals surface area contributed by atoms with E-state index in [2.05, 4.69) is 49.6 Å². The summed E-state index contributed by atoms with van der Waals surface area (Å²) in [5.74, 6) is 2.24. The van der Waals surface area contributed by atoms with E-state index in [1.165, 1.54) is 192 Å². The van der Waals surface area contributed by atoms with Crippen LogP contribution >= 0.6 is 0 Å². The van der Waals surface area contributed by atoms with Crippen LogP contribution in [0.5, 0.6) is 0 Å². The molecule has 0 saturated carbocycles. The van der Waals surface area contributed by atoms with Gasteiger partial charge in [0, 0.05) is 0 Å². The number of rotatable bonds is 31. The van der Waals surface area contributed by atoms with Crippen molar-refractivity contribution in [3.8, 4) is 0 Å². The molecule has 1 rings (SSSR count). The molecule has 1 aromatic heterocycles. The van der Waals surface area contributed by atoms with Crippen LogP contribution in [0.25, 0.3) is 0 Å². The molecule has 40 heavy (non-hydrogen) atoms. The number of aromatic nitrogens is 2. The van der Waals surface area contributed by atoms with Gasteiger partial charge in [0.15, 0.2) is 0 Å². The Hall–Kier alpha value is -0.790. The van der Waals surface area contributed by atoms with Crippen LogP contribution in [0.3, 0.4) is 0 Å². The maximum Gasteiger partial charge on any atom is 0.257 e. The number of H-pyrrole nitrogens is 1. The Morgan fingerprint density at radius 3 is 1.18 bits per heavy atom. The van der Waals surface area contributed by atoms with E-state index in [1.54, 1.807) is 0 Å². The lowest BCUT2D eigenvalue weighted by atomic mass is 9.93. The second kappa shape index (κ2) is 28.3. The zero-order valence-electron chi connectivity index (χ0n) is 28.3. The van der Waals surface area contributed by atoms with Crippen molar-refractivity contribution in [2.24, 2.45) is 0 Å². The lowest BCUT2D eigenvalue weighted by Gasteiger charge is -2.17. The predicted molar refractivity (Wildman–Crippen MR) is 179 cm³/mol. The van der Waals surface area contributed by atoms with Crippen LogP contribution in [-0.4, -0.2) is 4.98 Å². The smallest absolute Gasteiger partial charge is 0.247 e.